The van der Waals surface area contributed by atoms with Gasteiger partial charge in [0.15, 0.2) is 5.71 Å². The van der Waals surface area contributed by atoms with Crippen LogP contribution in [0.1, 0.15) is 71.4 Å². The second kappa shape index (κ2) is 18.5. The number of nitrogens with zero attached hydrogens (tertiary/aromatic N) is 2. The van der Waals surface area contributed by atoms with Crippen molar-refractivity contribution in [2.75, 3.05) is 31.1 Å². The van der Waals surface area contributed by atoms with Gasteiger partial charge in [0.05, 0.1) is 15.2 Å². The molecule has 2 aliphatic heterocycles. The summed E-state index contributed by atoms with van der Waals surface area (Å²) in [6, 6.07) is 9.36. The van der Waals surface area contributed by atoms with Crippen LogP contribution in [0.5, 0.6) is 0 Å². The van der Waals surface area contributed by atoms with Crippen molar-refractivity contribution >= 4 is 91.0 Å². The molecule has 3 amide bonds. The zero-order valence-electron chi connectivity index (χ0n) is 37.1. The largest absolute Gasteiger partial charge is 0.354 e. The van der Waals surface area contributed by atoms with Crippen LogP contribution in [-0.2, 0) is 56.1 Å². The molecule has 67 heavy (non-hydrogen) atoms. The fourth-order valence-corrected chi connectivity index (χ4v) is 11.8. The van der Waals surface area contributed by atoms with Crippen LogP contribution in [0.4, 0.5) is 16.2 Å². The number of benzene rings is 4. The molecule has 6 rings (SSSR count). The van der Waals surface area contributed by atoms with Gasteiger partial charge in [-0.15, -0.1) is 0 Å². The normalized spacial score (nSPS) is 16.7. The van der Waals surface area contributed by atoms with Crippen molar-refractivity contribution in [3.05, 3.63) is 95.7 Å². The second-order valence-corrected chi connectivity index (χ2v) is 22.8. The van der Waals surface area contributed by atoms with Gasteiger partial charge in [-0.3, -0.25) is 23.0 Å². The summed E-state index contributed by atoms with van der Waals surface area (Å²) < 4.78 is 142. The van der Waals surface area contributed by atoms with E-state index in [4.69, 9.17) is 5.73 Å². The molecule has 8 N–H and O–H groups in total. The van der Waals surface area contributed by atoms with Crippen LogP contribution >= 0.6 is 0 Å². The van der Waals surface area contributed by atoms with Crippen molar-refractivity contribution in [2.45, 2.75) is 90.7 Å². The quantitative estimate of drug-likeness (QED) is 0.0297. The third kappa shape index (κ3) is 10.3. The molecule has 0 unspecified atom stereocenters. The highest BCUT2D eigenvalue weighted by molar-refractivity contribution is 7.87. The molecule has 0 saturated carbocycles. The lowest BCUT2D eigenvalue weighted by molar-refractivity contribution is -0.438. The summed E-state index contributed by atoms with van der Waals surface area (Å²) in [4.78, 5) is 22.5. The molecule has 0 bridgehead atoms. The standard InChI is InChI=1S/C44H51N5O14S4/c1-6-48-33-18-16-29-31(23-27(64(52,53)54)25-35(29)66(58,59)60)40(33)43(2,3)37(48)13-9-7-10-14-38-44(4,5)41-32-24-28(65(55,56)57)26-36(67(61,62)63)30(32)17-19-34(41)49(38)22-12-8-11-15-39(50)46-20-21-47-42(45)51/h7,9-10,13-14,16-19,23-26H,6,8,11-12,15,20-22H2,1-5H3,(H7-,45,46,47,50,51,52,53,54,55,56,57,58,59,60,61,62,63)/p+1. The zero-order valence-corrected chi connectivity index (χ0v) is 40.4. The maximum absolute atomic E-state index is 12.6. The van der Waals surface area contributed by atoms with Gasteiger partial charge in [0.1, 0.15) is 16.3 Å². The Morgan fingerprint density at radius 1 is 0.672 bits per heavy atom. The molecule has 360 valence electrons. The highest BCUT2D eigenvalue weighted by Gasteiger charge is 2.46. The number of hydrogen-bond acceptors (Lipinski definition) is 11. The number of anilines is 1. The molecule has 0 spiro atoms. The van der Waals surface area contributed by atoms with Crippen LogP contribution in [0.25, 0.3) is 21.5 Å². The highest BCUT2D eigenvalue weighted by atomic mass is 32.2. The number of primary amides is 1. The van der Waals surface area contributed by atoms with Crippen LogP contribution in [0.15, 0.2) is 104 Å². The zero-order chi connectivity index (χ0) is 49.7. The van der Waals surface area contributed by atoms with Crippen molar-refractivity contribution in [3.63, 3.8) is 0 Å². The van der Waals surface area contributed by atoms with Gasteiger partial charge in [0, 0.05) is 77.8 Å². The molecule has 0 atom stereocenters. The van der Waals surface area contributed by atoms with E-state index in [0.29, 0.717) is 67.0 Å². The molecule has 0 fully saturated rings. The minimum absolute atomic E-state index is 0.0346. The first-order valence-electron chi connectivity index (χ1n) is 20.9. The third-order valence-electron chi connectivity index (χ3n) is 12.0. The fourth-order valence-electron chi connectivity index (χ4n) is 9.15. The number of nitrogens with two attached hydrogens (primary N) is 1. The van der Waals surface area contributed by atoms with Crippen LogP contribution in [-0.4, -0.2) is 100 Å². The van der Waals surface area contributed by atoms with Gasteiger partial charge in [-0.1, -0.05) is 38.1 Å². The summed E-state index contributed by atoms with van der Waals surface area (Å²) in [5.41, 5.74) is 7.07. The minimum atomic E-state index is -4.97. The number of unbranched alkanes of at least 4 members (excludes halogenated alkanes) is 2. The predicted octanol–water partition coefficient (Wildman–Crippen LogP) is 5.51. The Kier molecular flexibility index (Phi) is 14.1. The molecule has 23 heteroatoms. The highest BCUT2D eigenvalue weighted by Crippen LogP contribution is 2.52. The van der Waals surface area contributed by atoms with Gasteiger partial charge < -0.3 is 21.3 Å². The summed E-state index contributed by atoms with van der Waals surface area (Å²) in [7, 11) is -19.7. The van der Waals surface area contributed by atoms with Gasteiger partial charge in [-0.25, -0.2) is 4.79 Å². The van der Waals surface area contributed by atoms with E-state index in [1.807, 2.05) is 56.2 Å². The average Bonchev–Trinajstić information content (AvgIpc) is 3.57. The van der Waals surface area contributed by atoms with E-state index >= 15 is 0 Å². The number of rotatable bonds is 17. The Balaban J connectivity index is 1.38. The molecule has 19 nitrogen and oxygen atoms in total. The van der Waals surface area contributed by atoms with Crippen molar-refractivity contribution in [2.24, 2.45) is 5.73 Å². The Bertz CT molecular complexity index is 3320. The summed E-state index contributed by atoms with van der Waals surface area (Å²) in [5.74, 6) is -0.204. The molecule has 2 aliphatic rings. The van der Waals surface area contributed by atoms with E-state index in [9.17, 15) is 61.5 Å². The third-order valence-corrected chi connectivity index (χ3v) is 15.5. The molecule has 2 heterocycles. The van der Waals surface area contributed by atoms with E-state index < -0.39 is 76.9 Å². The Morgan fingerprint density at radius 3 is 1.76 bits per heavy atom. The van der Waals surface area contributed by atoms with E-state index in [1.54, 1.807) is 30.4 Å². The molecular formula is C44H52N5O14S4+. The van der Waals surface area contributed by atoms with Crippen molar-refractivity contribution in [1.82, 2.24) is 10.6 Å². The van der Waals surface area contributed by atoms with Gasteiger partial charge in [-0.2, -0.15) is 38.2 Å². The summed E-state index contributed by atoms with van der Waals surface area (Å²) in [6.07, 6.45) is 11.0. The Labute approximate surface area is 389 Å². The number of allylic oxidation sites excluding steroid dienone is 6. The van der Waals surface area contributed by atoms with Gasteiger partial charge >= 0.3 is 6.03 Å². The van der Waals surface area contributed by atoms with E-state index in [1.165, 1.54) is 24.3 Å². The molecule has 4 aromatic rings. The Morgan fingerprint density at radius 2 is 1.22 bits per heavy atom. The minimum Gasteiger partial charge on any atom is -0.354 e. The maximum Gasteiger partial charge on any atom is 0.312 e. The number of carbonyl (C=O) groups excluding carboxylic acids is 2. The fraction of sp³-hybridized carbons (Fsp3) is 0.341. The smallest absolute Gasteiger partial charge is 0.312 e. The maximum atomic E-state index is 12.6. The first kappa shape index (κ1) is 50.9. The number of hydrogen-bond donors (Lipinski definition) is 7. The van der Waals surface area contributed by atoms with E-state index in [-0.39, 0.29) is 47.0 Å². The first-order valence-corrected chi connectivity index (χ1v) is 26.7. The predicted molar refractivity (Wildman–Crippen MR) is 251 cm³/mol. The van der Waals surface area contributed by atoms with E-state index in [0.717, 1.165) is 11.4 Å². The summed E-state index contributed by atoms with van der Waals surface area (Å²) in [6.45, 7) is 10.6. The molecule has 0 aliphatic carbocycles. The number of carbonyl (C=O) groups is 2. The number of amides is 3. The van der Waals surface area contributed by atoms with Gasteiger partial charge in [0.2, 0.25) is 11.6 Å². The van der Waals surface area contributed by atoms with Crippen molar-refractivity contribution in [1.29, 1.82) is 0 Å². The molecule has 0 saturated heterocycles. The van der Waals surface area contributed by atoms with Crippen LogP contribution < -0.4 is 21.3 Å². The summed E-state index contributed by atoms with van der Waals surface area (Å²) in [5, 5.41) is 5.57. The first-order chi connectivity index (χ1) is 31.0. The Hall–Kier alpha value is -5.53. The second-order valence-electron chi connectivity index (χ2n) is 17.1. The number of fused-ring (bicyclic) bond motifs is 6. The molecule has 0 aromatic heterocycles. The number of urea groups is 1. The molecular weight excluding hydrogens is 951 g/mol. The molecule has 4 aromatic carbocycles. The average molecular weight is 1000 g/mol. The van der Waals surface area contributed by atoms with Crippen LogP contribution in [0.2, 0.25) is 0 Å². The van der Waals surface area contributed by atoms with Crippen molar-refractivity contribution < 1.29 is 66.0 Å². The molecule has 0 radical (unpaired) electrons. The van der Waals surface area contributed by atoms with Crippen LogP contribution in [0, 0.1) is 0 Å². The lowest BCUT2D eigenvalue weighted by Crippen LogP contribution is -2.37. The van der Waals surface area contributed by atoms with Gasteiger partial charge in [-0.05, 0) is 92.4 Å². The lowest BCUT2D eigenvalue weighted by atomic mass is 9.79. The van der Waals surface area contributed by atoms with E-state index in [2.05, 4.69) is 10.6 Å². The monoisotopic (exact) mass is 1000 g/mol. The lowest BCUT2D eigenvalue weighted by Gasteiger charge is -2.26. The SMILES string of the molecule is CCN1/C(=C/C=C/C=C/C2=[N+](CCCCCC(=O)NCCNC(N)=O)c3ccc4c(S(=O)(=O)O)cc(S(=O)(=O)O)cc4c3C2(C)C)C(C)(C)c2c1ccc1c(S(=O)(=O)O)cc(S(=O)(=O)O)cc21. The number of nitrogens with one attached hydrogen (secondary N) is 2. The van der Waals surface area contributed by atoms with Gasteiger partial charge in [0.25, 0.3) is 40.5 Å². The summed E-state index contributed by atoms with van der Waals surface area (Å²) >= 11 is 0. The van der Waals surface area contributed by atoms with Crippen LogP contribution in [0.3, 0.4) is 0 Å². The number of likely N-dealkylation sites (N-methyl/N-ethyl adjacent to an activating group) is 1. The topological polar surface area (TPSA) is 308 Å². The van der Waals surface area contributed by atoms with Crippen molar-refractivity contribution in [3.8, 4) is 0 Å².